The van der Waals surface area contributed by atoms with Crippen LogP contribution in [0.3, 0.4) is 0 Å². The van der Waals surface area contributed by atoms with E-state index in [1.165, 1.54) is 4.90 Å². The summed E-state index contributed by atoms with van der Waals surface area (Å²) in [5.41, 5.74) is 0.396. The third-order valence-corrected chi connectivity index (χ3v) is 11.5. The molecule has 5 amide bonds. The Hall–Kier alpha value is -5.06. The quantitative estimate of drug-likeness (QED) is 0.196. The molecule has 3 unspecified atom stereocenters. The van der Waals surface area contributed by atoms with Gasteiger partial charge in [-0.15, -0.1) is 0 Å². The standard InChI is InChI=1S/C45H61N5O11/c1-5-14-31(39(53)42(55)46-25-34(52)49-37(29-18-10-7-11-19-29)44(57)61-45(2,3)4)47-41(54)38-40-32-26-50(38)43(56)36(28-16-8-6-9-17-28)48-33(51)24-27-15-12-20-30(23-27)58-22-13-21-35(59-32)60-40/h7,10-12,15,18-20,23,28,31-32,35-40,53H,5-6,8-9,13-14,16-17,21-22,24-26H2,1-4H3,(H,46,55)(H,47,54)(H,48,51)(H,49,52)/t31?,32-,35?,36-,37-,38-,39?,40-/m0/s1. The fraction of sp³-hybridized carbons (Fsp3) is 0.600. The number of carbonyl (C=O) groups is 6. The molecule has 1 aliphatic carbocycles. The first-order chi connectivity index (χ1) is 29.2. The van der Waals surface area contributed by atoms with Crippen LogP contribution >= 0.6 is 0 Å². The summed E-state index contributed by atoms with van der Waals surface area (Å²) in [6.07, 6.45) is 2.08. The Balaban J connectivity index is 1.17. The zero-order valence-corrected chi connectivity index (χ0v) is 35.6. The second-order valence-corrected chi connectivity index (χ2v) is 17.4. The molecule has 16 nitrogen and oxygen atoms in total. The van der Waals surface area contributed by atoms with Gasteiger partial charge in [0, 0.05) is 6.42 Å². The van der Waals surface area contributed by atoms with Crippen molar-refractivity contribution in [2.24, 2.45) is 5.92 Å². The molecule has 332 valence electrons. The van der Waals surface area contributed by atoms with E-state index in [9.17, 15) is 33.9 Å². The summed E-state index contributed by atoms with van der Waals surface area (Å²) in [6.45, 7) is 6.77. The number of aliphatic hydroxyl groups excluding tert-OH is 1. The van der Waals surface area contributed by atoms with E-state index in [1.807, 2.05) is 31.2 Å². The summed E-state index contributed by atoms with van der Waals surface area (Å²) in [5.74, 6) is -3.25. The molecular formula is C45H61N5O11. The van der Waals surface area contributed by atoms with Crippen molar-refractivity contribution in [1.82, 2.24) is 26.2 Å². The van der Waals surface area contributed by atoms with Gasteiger partial charge in [-0.1, -0.05) is 75.1 Å². The van der Waals surface area contributed by atoms with E-state index in [2.05, 4.69) is 21.3 Å². The van der Waals surface area contributed by atoms with Crippen LogP contribution in [0.4, 0.5) is 0 Å². The van der Waals surface area contributed by atoms with E-state index in [4.69, 9.17) is 18.9 Å². The second-order valence-electron chi connectivity index (χ2n) is 17.4. The van der Waals surface area contributed by atoms with Gasteiger partial charge in [0.1, 0.15) is 35.6 Å². The molecule has 2 aromatic rings. The second kappa shape index (κ2) is 20.7. The highest BCUT2D eigenvalue weighted by atomic mass is 16.7. The van der Waals surface area contributed by atoms with Crippen molar-refractivity contribution >= 4 is 35.5 Å². The number of benzene rings is 2. The summed E-state index contributed by atoms with van der Waals surface area (Å²) < 4.78 is 24.1. The molecule has 6 bridgehead atoms. The lowest BCUT2D eigenvalue weighted by Gasteiger charge is -2.36. The average molecular weight is 848 g/mol. The summed E-state index contributed by atoms with van der Waals surface area (Å²) in [4.78, 5) is 83.9. The van der Waals surface area contributed by atoms with Crippen molar-refractivity contribution in [3.05, 3.63) is 65.7 Å². The maximum absolute atomic E-state index is 14.7. The minimum Gasteiger partial charge on any atom is -0.494 e. The van der Waals surface area contributed by atoms with E-state index in [0.29, 0.717) is 37.2 Å². The monoisotopic (exact) mass is 847 g/mol. The molecule has 61 heavy (non-hydrogen) atoms. The molecule has 16 heteroatoms. The molecule has 0 aromatic heterocycles. The highest BCUT2D eigenvalue weighted by Gasteiger charge is 2.56. The molecule has 0 spiro atoms. The third-order valence-electron chi connectivity index (χ3n) is 11.5. The Kier molecular flexibility index (Phi) is 15.4. The first-order valence-corrected chi connectivity index (χ1v) is 21.7. The van der Waals surface area contributed by atoms with Crippen LogP contribution in [0.15, 0.2) is 54.6 Å². The Morgan fingerprint density at radius 1 is 0.951 bits per heavy atom. The average Bonchev–Trinajstić information content (AvgIpc) is 3.79. The Labute approximate surface area is 357 Å². The number of esters is 1. The molecule has 5 N–H and O–H groups in total. The summed E-state index contributed by atoms with van der Waals surface area (Å²) in [5, 5.41) is 22.2. The van der Waals surface area contributed by atoms with Gasteiger partial charge in [-0.3, -0.25) is 24.0 Å². The molecule has 1 saturated carbocycles. The summed E-state index contributed by atoms with van der Waals surface area (Å²) >= 11 is 0. The molecule has 4 heterocycles. The van der Waals surface area contributed by atoms with Crippen molar-refractivity contribution in [1.29, 1.82) is 0 Å². The molecule has 2 aromatic carbocycles. The predicted octanol–water partition coefficient (Wildman–Crippen LogP) is 2.75. The molecule has 8 atom stereocenters. The normalized spacial score (nSPS) is 25.0. The highest BCUT2D eigenvalue weighted by Crippen LogP contribution is 2.36. The molecule has 0 radical (unpaired) electrons. The fourth-order valence-electron chi connectivity index (χ4n) is 8.59. The lowest BCUT2D eigenvalue weighted by atomic mass is 9.83. The van der Waals surface area contributed by atoms with Gasteiger partial charge in [0.25, 0.3) is 5.91 Å². The number of ether oxygens (including phenoxy) is 4. The topological polar surface area (TPSA) is 211 Å². The third kappa shape index (κ3) is 12.1. The maximum Gasteiger partial charge on any atom is 0.333 e. The first kappa shape index (κ1) is 45.5. The Morgan fingerprint density at radius 3 is 2.43 bits per heavy atom. The van der Waals surface area contributed by atoms with Crippen molar-refractivity contribution in [3.63, 3.8) is 0 Å². The van der Waals surface area contributed by atoms with Gasteiger partial charge in [0.05, 0.1) is 32.2 Å². The minimum absolute atomic E-state index is 0.0365. The van der Waals surface area contributed by atoms with Crippen LogP contribution in [0.1, 0.15) is 103 Å². The van der Waals surface area contributed by atoms with Gasteiger partial charge in [-0.2, -0.15) is 0 Å². The van der Waals surface area contributed by atoms with Crippen LogP contribution in [-0.4, -0.2) is 114 Å². The zero-order chi connectivity index (χ0) is 43.7. The van der Waals surface area contributed by atoms with E-state index in [1.54, 1.807) is 51.1 Å². The lowest BCUT2D eigenvalue weighted by molar-refractivity contribution is -0.158. The minimum atomic E-state index is -1.79. The van der Waals surface area contributed by atoms with Crippen LogP contribution in [0.25, 0.3) is 0 Å². The molecule has 5 aliphatic rings. The maximum atomic E-state index is 14.7. The molecular weight excluding hydrogens is 787 g/mol. The van der Waals surface area contributed by atoms with Crippen molar-refractivity contribution < 1.29 is 52.8 Å². The molecule has 3 fully saturated rings. The van der Waals surface area contributed by atoms with Gasteiger partial charge < -0.3 is 50.2 Å². The Bertz CT molecular complexity index is 1870. The van der Waals surface area contributed by atoms with E-state index in [0.717, 1.165) is 37.7 Å². The number of fused-ring (bicyclic) bond motifs is 7. The van der Waals surface area contributed by atoms with Crippen molar-refractivity contribution in [2.75, 3.05) is 19.7 Å². The number of amides is 5. The van der Waals surface area contributed by atoms with Crippen LogP contribution in [-0.2, 0) is 49.4 Å². The molecule has 4 aliphatic heterocycles. The number of nitrogens with zero attached hydrogens (tertiary/aromatic N) is 1. The number of nitrogens with one attached hydrogen (secondary N) is 4. The number of hydrogen-bond donors (Lipinski definition) is 5. The first-order valence-electron chi connectivity index (χ1n) is 21.7. The van der Waals surface area contributed by atoms with Gasteiger partial charge in [-0.05, 0) is 75.6 Å². The predicted molar refractivity (Wildman–Crippen MR) is 221 cm³/mol. The summed E-state index contributed by atoms with van der Waals surface area (Å²) in [7, 11) is 0. The molecule has 2 saturated heterocycles. The number of hydrogen-bond acceptors (Lipinski definition) is 11. The van der Waals surface area contributed by atoms with Gasteiger partial charge in [0.15, 0.2) is 18.4 Å². The van der Waals surface area contributed by atoms with Crippen molar-refractivity contribution in [2.45, 2.75) is 146 Å². The zero-order valence-electron chi connectivity index (χ0n) is 35.6. The van der Waals surface area contributed by atoms with Crippen LogP contribution in [0.5, 0.6) is 5.75 Å². The van der Waals surface area contributed by atoms with Crippen LogP contribution in [0, 0.1) is 5.92 Å². The van der Waals surface area contributed by atoms with Gasteiger partial charge in [-0.25, -0.2) is 4.79 Å². The van der Waals surface area contributed by atoms with Gasteiger partial charge >= 0.3 is 5.97 Å². The van der Waals surface area contributed by atoms with Crippen LogP contribution < -0.4 is 26.0 Å². The number of carbonyl (C=O) groups excluding carboxylic acids is 6. The SMILES string of the molecule is CCCC(NC(=O)[C@@H]1[C@H]2OC3CCCOc4cccc(c4)CC(=O)N[C@@H](C4CCCCC4)C(=O)N1C[C@@H]2O3)C(O)C(=O)NCC(=O)N[C@H](C(=O)OC(C)(C)C)c1ccccc1. The van der Waals surface area contributed by atoms with Gasteiger partial charge in [0.2, 0.25) is 23.6 Å². The van der Waals surface area contributed by atoms with Crippen molar-refractivity contribution in [3.8, 4) is 5.75 Å². The lowest BCUT2D eigenvalue weighted by Crippen LogP contribution is -2.60. The number of aliphatic hydroxyl groups is 1. The van der Waals surface area contributed by atoms with Crippen LogP contribution in [0.2, 0.25) is 0 Å². The highest BCUT2D eigenvalue weighted by molar-refractivity contribution is 5.95. The van der Waals surface area contributed by atoms with E-state index in [-0.39, 0.29) is 31.2 Å². The Morgan fingerprint density at radius 2 is 1.70 bits per heavy atom. The fourth-order valence-corrected chi connectivity index (χ4v) is 8.59. The van der Waals surface area contributed by atoms with E-state index < -0.39 is 90.5 Å². The smallest absolute Gasteiger partial charge is 0.333 e. The summed E-state index contributed by atoms with van der Waals surface area (Å²) in [6, 6.07) is 11.5. The number of rotatable bonds is 12. The van der Waals surface area contributed by atoms with E-state index >= 15 is 0 Å². The largest absolute Gasteiger partial charge is 0.494 e. The molecule has 7 rings (SSSR count).